The molecule has 148 valence electrons. The fraction of sp³-hybridized carbons (Fsp3) is 0.478. The quantitative estimate of drug-likeness (QED) is 0.774. The Morgan fingerprint density at radius 1 is 1.18 bits per heavy atom. The van der Waals surface area contributed by atoms with Crippen molar-refractivity contribution in [2.75, 3.05) is 31.1 Å². The molecule has 0 unspecified atom stereocenters. The minimum absolute atomic E-state index is 0.164. The highest BCUT2D eigenvalue weighted by atomic mass is 19.1. The molecule has 1 aromatic carbocycles. The number of benzene rings is 1. The van der Waals surface area contributed by atoms with Crippen molar-refractivity contribution < 1.29 is 9.18 Å². The van der Waals surface area contributed by atoms with Gasteiger partial charge in [-0.25, -0.2) is 9.37 Å². The lowest BCUT2D eigenvalue weighted by Crippen LogP contribution is -2.49. The van der Waals surface area contributed by atoms with Crippen molar-refractivity contribution in [1.29, 1.82) is 0 Å². The number of hydrogen-bond donors (Lipinski definition) is 0. The van der Waals surface area contributed by atoms with E-state index in [0.29, 0.717) is 19.0 Å². The average Bonchev–Trinajstić information content (AvgIpc) is 3.53. The van der Waals surface area contributed by atoms with Gasteiger partial charge >= 0.3 is 0 Å². The van der Waals surface area contributed by atoms with Gasteiger partial charge in [-0.1, -0.05) is 25.5 Å². The predicted octanol–water partition coefficient (Wildman–Crippen LogP) is 4.32. The number of pyridine rings is 1. The molecule has 0 spiro atoms. The van der Waals surface area contributed by atoms with Gasteiger partial charge in [-0.2, -0.15) is 0 Å². The van der Waals surface area contributed by atoms with Crippen LogP contribution in [0.4, 0.5) is 10.2 Å². The second-order valence-electron chi connectivity index (χ2n) is 8.04. The van der Waals surface area contributed by atoms with Crippen LogP contribution in [0.15, 0.2) is 30.5 Å². The van der Waals surface area contributed by atoms with E-state index < -0.39 is 5.82 Å². The van der Waals surface area contributed by atoms with Crippen molar-refractivity contribution in [3.63, 3.8) is 0 Å². The molecule has 2 heterocycles. The standard InChI is InChI=1S/C23H28FN3O/c1-3-4-18-14-19(17-6-7-17)15-25-22(18)26-9-11-27(12-10-26)23(28)20-8-5-16(2)13-21(20)24/h5,8,13-15,17H,3-4,6-7,9-12H2,1-2H3. The number of hydrogen-bond acceptors (Lipinski definition) is 3. The molecule has 0 N–H and O–H groups in total. The summed E-state index contributed by atoms with van der Waals surface area (Å²) in [7, 11) is 0. The number of carbonyl (C=O) groups is 1. The summed E-state index contributed by atoms with van der Waals surface area (Å²) in [5.74, 6) is 1.11. The maximum atomic E-state index is 14.2. The van der Waals surface area contributed by atoms with Crippen molar-refractivity contribution in [2.45, 2.75) is 45.4 Å². The van der Waals surface area contributed by atoms with Gasteiger partial charge in [0.15, 0.2) is 0 Å². The first-order valence-corrected chi connectivity index (χ1v) is 10.4. The van der Waals surface area contributed by atoms with Crippen LogP contribution < -0.4 is 4.90 Å². The molecular formula is C23H28FN3O. The Kier molecular flexibility index (Phi) is 5.33. The van der Waals surface area contributed by atoms with E-state index in [0.717, 1.165) is 37.3 Å². The Morgan fingerprint density at radius 3 is 2.57 bits per heavy atom. The lowest BCUT2D eigenvalue weighted by Gasteiger charge is -2.36. The number of anilines is 1. The van der Waals surface area contributed by atoms with Crippen LogP contribution in [-0.4, -0.2) is 42.0 Å². The summed E-state index contributed by atoms with van der Waals surface area (Å²) in [5, 5.41) is 0. The number of carbonyl (C=O) groups excluding carboxylic acids is 1. The van der Waals surface area contributed by atoms with E-state index in [4.69, 9.17) is 4.98 Å². The van der Waals surface area contributed by atoms with Gasteiger partial charge in [-0.15, -0.1) is 0 Å². The van der Waals surface area contributed by atoms with Gasteiger partial charge in [0.2, 0.25) is 0 Å². The van der Waals surface area contributed by atoms with Crippen LogP contribution in [0.2, 0.25) is 0 Å². The molecule has 0 atom stereocenters. The normalized spacial score (nSPS) is 17.1. The lowest BCUT2D eigenvalue weighted by molar-refractivity contribution is 0.0742. The first kappa shape index (κ1) is 18.9. The lowest BCUT2D eigenvalue weighted by atomic mass is 10.1. The number of amides is 1. The topological polar surface area (TPSA) is 36.4 Å². The van der Waals surface area contributed by atoms with Gasteiger partial charge in [0.05, 0.1) is 5.56 Å². The molecule has 2 fully saturated rings. The van der Waals surface area contributed by atoms with Crippen molar-refractivity contribution >= 4 is 11.7 Å². The van der Waals surface area contributed by atoms with Gasteiger partial charge in [-0.05, 0) is 60.9 Å². The zero-order valence-corrected chi connectivity index (χ0v) is 16.7. The number of piperazine rings is 1. The summed E-state index contributed by atoms with van der Waals surface area (Å²) in [6, 6.07) is 7.14. The number of rotatable bonds is 5. The highest BCUT2D eigenvalue weighted by Gasteiger charge is 2.28. The van der Waals surface area contributed by atoms with Crippen molar-refractivity contribution in [3.8, 4) is 0 Å². The summed E-state index contributed by atoms with van der Waals surface area (Å²) in [5.41, 5.74) is 3.67. The van der Waals surface area contributed by atoms with E-state index in [-0.39, 0.29) is 11.5 Å². The SMILES string of the molecule is CCCc1cc(C2CC2)cnc1N1CCN(C(=O)c2ccc(C)cc2F)CC1. The Morgan fingerprint density at radius 2 is 1.93 bits per heavy atom. The van der Waals surface area contributed by atoms with E-state index in [2.05, 4.69) is 17.9 Å². The molecule has 4 rings (SSSR count). The molecule has 1 aromatic heterocycles. The third-order valence-corrected chi connectivity index (χ3v) is 5.75. The monoisotopic (exact) mass is 381 g/mol. The summed E-state index contributed by atoms with van der Waals surface area (Å²) < 4.78 is 14.2. The first-order chi connectivity index (χ1) is 13.6. The predicted molar refractivity (Wildman–Crippen MR) is 109 cm³/mol. The summed E-state index contributed by atoms with van der Waals surface area (Å²) in [6.45, 7) is 6.65. The summed E-state index contributed by atoms with van der Waals surface area (Å²) >= 11 is 0. The molecule has 1 saturated carbocycles. The molecular weight excluding hydrogens is 353 g/mol. The Balaban J connectivity index is 1.45. The van der Waals surface area contributed by atoms with Crippen LogP contribution in [0.25, 0.3) is 0 Å². The summed E-state index contributed by atoms with van der Waals surface area (Å²) in [4.78, 5) is 21.5. The molecule has 4 nitrogen and oxygen atoms in total. The fourth-order valence-corrected chi connectivity index (χ4v) is 3.98. The van der Waals surface area contributed by atoms with Gasteiger partial charge in [-0.3, -0.25) is 4.79 Å². The molecule has 5 heteroatoms. The van der Waals surface area contributed by atoms with E-state index in [1.54, 1.807) is 17.0 Å². The molecule has 0 radical (unpaired) electrons. The molecule has 1 amide bonds. The van der Waals surface area contributed by atoms with Crippen LogP contribution in [0.1, 0.15) is 59.2 Å². The highest BCUT2D eigenvalue weighted by Crippen LogP contribution is 2.41. The average molecular weight is 381 g/mol. The molecule has 0 bridgehead atoms. The van der Waals surface area contributed by atoms with E-state index >= 15 is 0 Å². The van der Waals surface area contributed by atoms with Crippen molar-refractivity contribution in [1.82, 2.24) is 9.88 Å². The van der Waals surface area contributed by atoms with Gasteiger partial charge < -0.3 is 9.80 Å². The van der Waals surface area contributed by atoms with Crippen LogP contribution in [0.5, 0.6) is 0 Å². The van der Waals surface area contributed by atoms with Crippen molar-refractivity contribution in [2.24, 2.45) is 0 Å². The second-order valence-corrected chi connectivity index (χ2v) is 8.04. The van der Waals surface area contributed by atoms with E-state index in [1.807, 2.05) is 13.1 Å². The van der Waals surface area contributed by atoms with Crippen molar-refractivity contribution in [3.05, 3.63) is 58.5 Å². The van der Waals surface area contributed by atoms with Crippen LogP contribution in [0, 0.1) is 12.7 Å². The van der Waals surface area contributed by atoms with Crippen LogP contribution in [-0.2, 0) is 6.42 Å². The third kappa shape index (κ3) is 3.89. The summed E-state index contributed by atoms with van der Waals surface area (Å²) in [6.07, 6.45) is 6.71. The third-order valence-electron chi connectivity index (χ3n) is 5.75. The molecule has 1 saturated heterocycles. The van der Waals surface area contributed by atoms with Crippen LogP contribution >= 0.6 is 0 Å². The van der Waals surface area contributed by atoms with Gasteiger partial charge in [0.25, 0.3) is 5.91 Å². The molecule has 1 aliphatic carbocycles. The maximum absolute atomic E-state index is 14.2. The van der Waals surface area contributed by atoms with Gasteiger partial charge in [0, 0.05) is 32.4 Å². The smallest absolute Gasteiger partial charge is 0.256 e. The first-order valence-electron chi connectivity index (χ1n) is 10.4. The Hall–Kier alpha value is -2.43. The van der Waals surface area contributed by atoms with E-state index in [9.17, 15) is 9.18 Å². The number of aromatic nitrogens is 1. The molecule has 28 heavy (non-hydrogen) atoms. The van der Waals surface area contributed by atoms with Crippen LogP contribution in [0.3, 0.4) is 0 Å². The zero-order chi connectivity index (χ0) is 19.7. The highest BCUT2D eigenvalue weighted by molar-refractivity contribution is 5.94. The van der Waals surface area contributed by atoms with Gasteiger partial charge in [0.1, 0.15) is 11.6 Å². The minimum Gasteiger partial charge on any atom is -0.353 e. The molecule has 2 aliphatic rings. The Bertz CT molecular complexity index is 870. The molecule has 2 aromatic rings. The number of halogens is 1. The van der Waals surface area contributed by atoms with E-state index in [1.165, 1.54) is 30.0 Å². The number of aryl methyl sites for hydroxylation is 2. The zero-order valence-electron chi connectivity index (χ0n) is 16.7. The number of nitrogens with zero attached hydrogens (tertiary/aromatic N) is 3. The maximum Gasteiger partial charge on any atom is 0.256 e. The fourth-order valence-electron chi connectivity index (χ4n) is 3.98. The Labute approximate surface area is 166 Å². The minimum atomic E-state index is -0.435. The largest absolute Gasteiger partial charge is 0.353 e. The molecule has 1 aliphatic heterocycles. The second kappa shape index (κ2) is 7.90.